The molecule has 2 amide bonds. The van der Waals surface area contributed by atoms with Gasteiger partial charge in [-0.15, -0.1) is 0 Å². The van der Waals surface area contributed by atoms with Gasteiger partial charge in [-0.1, -0.05) is 6.07 Å². The third-order valence-corrected chi connectivity index (χ3v) is 11.8. The molecule has 4 aliphatic carbocycles. The lowest BCUT2D eigenvalue weighted by Gasteiger charge is -2.55. The van der Waals surface area contributed by atoms with E-state index in [4.69, 9.17) is 4.74 Å². The highest BCUT2D eigenvalue weighted by atomic mass is 16.5. The van der Waals surface area contributed by atoms with Crippen LogP contribution in [0, 0.1) is 23.2 Å². The van der Waals surface area contributed by atoms with Gasteiger partial charge in [0.2, 0.25) is 0 Å². The number of aromatic nitrogens is 1. The Morgan fingerprint density at radius 1 is 0.972 bits per heavy atom. The SMILES string of the molecule is O=C(N[C@H]1C2CC3C[C@@]4(O)CC1CC34C2)N1[C@@H]2CC[C@H]1C[C@@H](OC1CCN(c3ccccn3)CC1)C2. The maximum atomic E-state index is 13.6. The van der Waals surface area contributed by atoms with Gasteiger partial charge < -0.3 is 25.0 Å². The summed E-state index contributed by atoms with van der Waals surface area (Å²) in [6.45, 7) is 1.99. The van der Waals surface area contributed by atoms with Crippen molar-refractivity contribution in [3.05, 3.63) is 24.4 Å². The van der Waals surface area contributed by atoms with Crippen molar-refractivity contribution in [3.8, 4) is 0 Å². The number of nitrogens with zero attached hydrogens (tertiary/aromatic N) is 3. The number of hydrogen-bond acceptors (Lipinski definition) is 5. The zero-order chi connectivity index (χ0) is 24.1. The summed E-state index contributed by atoms with van der Waals surface area (Å²) in [4.78, 5) is 22.7. The molecule has 0 radical (unpaired) electrons. The van der Waals surface area contributed by atoms with Gasteiger partial charge in [-0.3, -0.25) is 0 Å². The molecular formula is C29H40N4O3. The smallest absolute Gasteiger partial charge is 0.318 e. The van der Waals surface area contributed by atoms with Crippen LogP contribution in [0.3, 0.4) is 0 Å². The van der Waals surface area contributed by atoms with Crippen molar-refractivity contribution in [2.45, 2.75) is 107 Å². The molecule has 7 nitrogen and oxygen atoms in total. The van der Waals surface area contributed by atoms with E-state index in [-0.39, 0.29) is 23.6 Å². The number of ether oxygens (including phenoxy) is 1. The molecule has 5 bridgehead atoms. The van der Waals surface area contributed by atoms with Crippen LogP contribution in [0.1, 0.15) is 70.6 Å². The Morgan fingerprint density at radius 2 is 1.75 bits per heavy atom. The van der Waals surface area contributed by atoms with Gasteiger partial charge in [-0.05, 0) is 101 Å². The first-order chi connectivity index (χ1) is 17.5. The number of urea groups is 1. The largest absolute Gasteiger partial charge is 0.389 e. The number of hydrogen-bond donors (Lipinski definition) is 2. The Balaban J connectivity index is 0.871. The summed E-state index contributed by atoms with van der Waals surface area (Å²) < 4.78 is 6.65. The standard InChI is InChI=1S/C29H40N4O3/c34-27(31-26-18-11-20-17-29(35)16-19(26)15-28(20,29)14-18)33-21-4-5-22(33)13-24(12-21)36-23-6-9-32(10-7-23)25-3-1-2-8-30-25/h1-3,8,18-24,26,35H,4-7,9-17H2,(H,31,34)/t18?,19?,20?,21-,22+,24+,26-,28?,29-/m0/s1. The number of carbonyl (C=O) groups is 1. The molecule has 1 aromatic rings. The molecule has 3 saturated heterocycles. The molecule has 4 heterocycles. The fraction of sp³-hybridized carbons (Fsp3) is 0.793. The van der Waals surface area contributed by atoms with Crippen LogP contribution in [0.25, 0.3) is 0 Å². The molecule has 194 valence electrons. The molecule has 36 heavy (non-hydrogen) atoms. The summed E-state index contributed by atoms with van der Waals surface area (Å²) in [5.74, 6) is 2.82. The van der Waals surface area contributed by atoms with Crippen LogP contribution in [-0.2, 0) is 4.74 Å². The average Bonchev–Trinajstić information content (AvgIpc) is 3.38. The van der Waals surface area contributed by atoms with Crippen LogP contribution in [0.2, 0.25) is 0 Å². The molecule has 9 atom stereocenters. The van der Waals surface area contributed by atoms with E-state index in [1.807, 2.05) is 12.3 Å². The number of piperidine rings is 2. The van der Waals surface area contributed by atoms with E-state index in [2.05, 4.69) is 32.2 Å². The molecule has 7 heteroatoms. The summed E-state index contributed by atoms with van der Waals surface area (Å²) in [5.41, 5.74) is -0.203. The van der Waals surface area contributed by atoms with Gasteiger partial charge in [0.25, 0.3) is 0 Å². The van der Waals surface area contributed by atoms with Crippen LogP contribution >= 0.6 is 0 Å². The number of rotatable bonds is 4. The van der Waals surface area contributed by atoms with Crippen molar-refractivity contribution < 1.29 is 14.6 Å². The molecular weight excluding hydrogens is 452 g/mol. The molecule has 7 aliphatic rings. The highest BCUT2D eigenvalue weighted by molar-refractivity contribution is 5.76. The summed E-state index contributed by atoms with van der Waals surface area (Å²) in [7, 11) is 0. The highest BCUT2D eigenvalue weighted by Gasteiger charge is 2.76. The predicted molar refractivity (Wildman–Crippen MR) is 135 cm³/mol. The van der Waals surface area contributed by atoms with Crippen molar-refractivity contribution in [1.29, 1.82) is 0 Å². The van der Waals surface area contributed by atoms with Crippen LogP contribution in [-0.4, -0.2) is 70.0 Å². The van der Waals surface area contributed by atoms with E-state index in [0.29, 0.717) is 35.9 Å². The Labute approximate surface area is 214 Å². The number of carbonyl (C=O) groups excluding carboxylic acids is 1. The molecule has 7 fully saturated rings. The Bertz CT molecular complexity index is 1010. The van der Waals surface area contributed by atoms with Gasteiger partial charge in [-0.25, -0.2) is 9.78 Å². The minimum Gasteiger partial charge on any atom is -0.389 e. The lowest BCUT2D eigenvalue weighted by Crippen LogP contribution is -2.57. The van der Waals surface area contributed by atoms with Crippen LogP contribution in [0.4, 0.5) is 10.6 Å². The van der Waals surface area contributed by atoms with E-state index < -0.39 is 5.60 Å². The molecule has 2 N–H and O–H groups in total. The monoisotopic (exact) mass is 492 g/mol. The van der Waals surface area contributed by atoms with Gasteiger partial charge in [0.1, 0.15) is 5.82 Å². The van der Waals surface area contributed by atoms with Crippen molar-refractivity contribution in [2.75, 3.05) is 18.0 Å². The number of amides is 2. The van der Waals surface area contributed by atoms with Gasteiger partial charge in [0, 0.05) is 42.8 Å². The lowest BCUT2D eigenvalue weighted by molar-refractivity contribution is -0.176. The first-order valence-corrected chi connectivity index (χ1v) is 14.6. The first-order valence-electron chi connectivity index (χ1n) is 14.6. The van der Waals surface area contributed by atoms with Gasteiger partial charge in [-0.2, -0.15) is 0 Å². The molecule has 4 saturated carbocycles. The minimum atomic E-state index is -0.418. The average molecular weight is 493 g/mol. The fourth-order valence-electron chi connectivity index (χ4n) is 10.3. The second-order valence-electron chi connectivity index (χ2n) is 13.3. The van der Waals surface area contributed by atoms with Crippen molar-refractivity contribution >= 4 is 11.8 Å². The van der Waals surface area contributed by atoms with E-state index in [1.165, 1.54) is 6.42 Å². The quantitative estimate of drug-likeness (QED) is 0.670. The minimum absolute atomic E-state index is 0.168. The second-order valence-corrected chi connectivity index (χ2v) is 13.3. The third-order valence-electron chi connectivity index (χ3n) is 11.8. The summed E-state index contributed by atoms with van der Waals surface area (Å²) in [6, 6.07) is 7.18. The van der Waals surface area contributed by atoms with Crippen LogP contribution in [0.15, 0.2) is 24.4 Å². The number of anilines is 1. The summed E-state index contributed by atoms with van der Waals surface area (Å²) in [6.07, 6.45) is 14.1. The van der Waals surface area contributed by atoms with Gasteiger partial charge in [0.05, 0.1) is 17.8 Å². The Hall–Kier alpha value is -1.86. The normalized spacial score (nSPS) is 46.6. The first kappa shape index (κ1) is 22.2. The van der Waals surface area contributed by atoms with E-state index in [0.717, 1.165) is 83.1 Å². The number of aliphatic hydroxyl groups is 1. The fourth-order valence-corrected chi connectivity index (χ4v) is 10.3. The molecule has 4 unspecified atom stereocenters. The Kier molecular flexibility index (Phi) is 4.82. The zero-order valence-corrected chi connectivity index (χ0v) is 21.2. The topological polar surface area (TPSA) is 77.9 Å². The zero-order valence-electron chi connectivity index (χ0n) is 21.2. The van der Waals surface area contributed by atoms with Crippen molar-refractivity contribution in [3.63, 3.8) is 0 Å². The highest BCUT2D eigenvalue weighted by Crippen LogP contribution is 2.77. The predicted octanol–water partition coefficient (Wildman–Crippen LogP) is 3.71. The van der Waals surface area contributed by atoms with Crippen LogP contribution < -0.4 is 10.2 Å². The number of nitrogens with one attached hydrogen (secondary N) is 1. The van der Waals surface area contributed by atoms with Gasteiger partial charge >= 0.3 is 6.03 Å². The molecule has 8 rings (SSSR count). The van der Waals surface area contributed by atoms with Crippen LogP contribution in [0.5, 0.6) is 0 Å². The molecule has 3 aliphatic heterocycles. The molecule has 1 aromatic heterocycles. The number of pyridine rings is 1. The lowest BCUT2D eigenvalue weighted by atomic mass is 9.53. The molecule has 0 aromatic carbocycles. The third kappa shape index (κ3) is 3.11. The van der Waals surface area contributed by atoms with Crippen molar-refractivity contribution in [1.82, 2.24) is 15.2 Å². The summed E-state index contributed by atoms with van der Waals surface area (Å²) >= 11 is 0. The Morgan fingerprint density at radius 3 is 2.50 bits per heavy atom. The van der Waals surface area contributed by atoms with Gasteiger partial charge in [0.15, 0.2) is 0 Å². The van der Waals surface area contributed by atoms with E-state index in [9.17, 15) is 9.90 Å². The molecule has 1 spiro atoms. The number of fused-ring (bicyclic) bond motifs is 4. The van der Waals surface area contributed by atoms with Crippen molar-refractivity contribution in [2.24, 2.45) is 23.2 Å². The maximum absolute atomic E-state index is 13.6. The maximum Gasteiger partial charge on any atom is 0.318 e. The van der Waals surface area contributed by atoms with E-state index in [1.54, 1.807) is 0 Å². The summed E-state index contributed by atoms with van der Waals surface area (Å²) in [5, 5.41) is 14.7. The second kappa shape index (κ2) is 7.83. The van der Waals surface area contributed by atoms with E-state index >= 15 is 0 Å².